The van der Waals surface area contributed by atoms with E-state index in [0.29, 0.717) is 5.75 Å². The summed E-state index contributed by atoms with van der Waals surface area (Å²) in [6, 6.07) is 0. The van der Waals surface area contributed by atoms with Crippen LogP contribution in [0, 0.1) is 6.92 Å². The predicted molar refractivity (Wildman–Crippen MR) is 59.3 cm³/mol. The zero-order valence-electron chi connectivity index (χ0n) is 7.81. The Kier molecular flexibility index (Phi) is 2.85. The summed E-state index contributed by atoms with van der Waals surface area (Å²) in [5.74, 6) is 0.704. The molecule has 0 unspecified atom stereocenters. The molecular formula is C8H9N2OS3+. The molecule has 0 atom stereocenters. The first-order valence-corrected chi connectivity index (χ1v) is 6.74. The van der Waals surface area contributed by atoms with Crippen molar-refractivity contribution in [3.63, 3.8) is 0 Å². The van der Waals surface area contributed by atoms with Crippen LogP contribution in [-0.2, 0) is 4.79 Å². The van der Waals surface area contributed by atoms with Gasteiger partial charge in [-0.05, 0) is 22.8 Å². The number of hydrogen-bond acceptors (Lipinski definition) is 5. The highest BCUT2D eigenvalue weighted by Gasteiger charge is 2.17. The second-order valence-corrected chi connectivity index (χ2v) is 6.23. The zero-order valence-corrected chi connectivity index (χ0v) is 10.3. The number of rotatable bonds is 3. The maximum atomic E-state index is 10.8. The molecule has 0 amide bonds. The molecule has 3 nitrogen and oxygen atoms in total. The molecule has 0 bridgehead atoms. The Bertz CT molecular complexity index is 474. The molecule has 6 heteroatoms. The standard InChI is InChI=1S/C8H9N2OS3/c1-5-3-13-8-10(5)9-7(14-8)12-4-6(2)11/h3H,4H2,1-2H3/q+1. The number of thiazole rings is 1. The Morgan fingerprint density at radius 3 is 3.14 bits per heavy atom. The molecule has 0 aliphatic carbocycles. The summed E-state index contributed by atoms with van der Waals surface area (Å²) in [6.07, 6.45) is 0. The number of aryl methyl sites for hydroxylation is 1. The van der Waals surface area contributed by atoms with Gasteiger partial charge in [-0.25, -0.2) is 0 Å². The Morgan fingerprint density at radius 2 is 2.50 bits per heavy atom. The van der Waals surface area contributed by atoms with E-state index in [4.69, 9.17) is 0 Å². The van der Waals surface area contributed by atoms with Gasteiger partial charge in [-0.15, -0.1) is 0 Å². The Labute approximate surface area is 93.8 Å². The fourth-order valence-corrected chi connectivity index (χ4v) is 4.01. The maximum absolute atomic E-state index is 10.8. The van der Waals surface area contributed by atoms with Crippen LogP contribution >= 0.6 is 34.4 Å². The lowest BCUT2D eigenvalue weighted by Gasteiger charge is -1.86. The summed E-state index contributed by atoms with van der Waals surface area (Å²) in [5, 5.41) is 6.48. The van der Waals surface area contributed by atoms with Gasteiger partial charge < -0.3 is 0 Å². The number of hydrogen-bond donors (Lipinski definition) is 0. The van der Waals surface area contributed by atoms with Crippen LogP contribution in [0.5, 0.6) is 0 Å². The minimum absolute atomic E-state index is 0.190. The van der Waals surface area contributed by atoms with Gasteiger partial charge in [0.05, 0.1) is 11.1 Å². The van der Waals surface area contributed by atoms with Gasteiger partial charge >= 0.3 is 4.14 Å². The third kappa shape index (κ3) is 1.97. The molecule has 2 aromatic rings. The second-order valence-electron chi connectivity index (χ2n) is 2.91. The van der Waals surface area contributed by atoms with E-state index in [0.717, 1.165) is 10.0 Å². The lowest BCUT2D eigenvalue weighted by Crippen LogP contribution is -2.23. The zero-order chi connectivity index (χ0) is 10.1. The van der Waals surface area contributed by atoms with Crippen LogP contribution in [0.2, 0.25) is 0 Å². The number of fused-ring (bicyclic) bond motifs is 1. The van der Waals surface area contributed by atoms with Gasteiger partial charge in [-0.3, -0.25) is 4.79 Å². The molecule has 14 heavy (non-hydrogen) atoms. The smallest absolute Gasteiger partial charge is 0.299 e. The van der Waals surface area contributed by atoms with Gasteiger partial charge in [0.2, 0.25) is 10.0 Å². The molecule has 0 saturated heterocycles. The van der Waals surface area contributed by atoms with Gasteiger partial charge in [0.15, 0.2) is 0 Å². The fraction of sp³-hybridized carbons (Fsp3) is 0.375. The highest BCUT2D eigenvalue weighted by atomic mass is 32.2. The number of carbonyl (C=O) groups is 1. The molecule has 2 aromatic heterocycles. The number of thioether (sulfide) groups is 1. The van der Waals surface area contributed by atoms with Crippen molar-refractivity contribution in [3.8, 4) is 0 Å². The van der Waals surface area contributed by atoms with E-state index in [9.17, 15) is 4.79 Å². The van der Waals surface area contributed by atoms with Crippen LogP contribution in [0.25, 0.3) is 4.14 Å². The van der Waals surface area contributed by atoms with Crippen LogP contribution in [0.3, 0.4) is 0 Å². The third-order valence-corrected chi connectivity index (χ3v) is 5.05. The lowest BCUT2D eigenvalue weighted by molar-refractivity contribution is -0.582. The van der Waals surface area contributed by atoms with E-state index in [1.54, 1.807) is 29.6 Å². The molecular weight excluding hydrogens is 236 g/mol. The van der Waals surface area contributed by atoms with E-state index in [1.807, 2.05) is 11.4 Å². The molecule has 0 radical (unpaired) electrons. The summed E-state index contributed by atoms with van der Waals surface area (Å²) < 4.78 is 4.07. The van der Waals surface area contributed by atoms with Gasteiger partial charge in [-0.2, -0.15) is 0 Å². The monoisotopic (exact) mass is 245 g/mol. The Hall–Kier alpha value is -0.460. The largest absolute Gasteiger partial charge is 0.353 e. The summed E-state index contributed by atoms with van der Waals surface area (Å²) in [7, 11) is 0. The number of ketones is 1. The quantitative estimate of drug-likeness (QED) is 0.612. The molecule has 74 valence electrons. The molecule has 0 aromatic carbocycles. The van der Waals surface area contributed by atoms with Crippen LogP contribution in [0.1, 0.15) is 12.6 Å². The minimum Gasteiger partial charge on any atom is -0.299 e. The van der Waals surface area contributed by atoms with Crippen molar-refractivity contribution >= 4 is 44.4 Å². The fourth-order valence-electron chi connectivity index (χ4n) is 0.965. The molecule has 0 aliphatic heterocycles. The Morgan fingerprint density at radius 1 is 1.71 bits per heavy atom. The van der Waals surface area contributed by atoms with Crippen molar-refractivity contribution in [1.29, 1.82) is 0 Å². The topological polar surface area (TPSA) is 34.1 Å². The van der Waals surface area contributed by atoms with Crippen molar-refractivity contribution in [1.82, 2.24) is 5.10 Å². The van der Waals surface area contributed by atoms with Gasteiger partial charge in [0, 0.05) is 12.0 Å². The van der Waals surface area contributed by atoms with Gasteiger partial charge in [0.1, 0.15) is 5.78 Å². The first-order valence-electron chi connectivity index (χ1n) is 4.06. The molecule has 0 saturated carbocycles. The first-order chi connectivity index (χ1) is 6.66. The molecule has 0 N–H and O–H groups in total. The summed E-state index contributed by atoms with van der Waals surface area (Å²) >= 11 is 4.84. The van der Waals surface area contributed by atoms with Crippen molar-refractivity contribution in [2.45, 2.75) is 18.2 Å². The second kappa shape index (κ2) is 3.96. The molecule has 0 spiro atoms. The SMILES string of the molecule is CC(=O)CSc1n[n+]2c(C)csc2s1. The number of nitrogens with zero attached hydrogens (tertiary/aromatic N) is 2. The Balaban J connectivity index is 2.23. The minimum atomic E-state index is 0.190. The number of aromatic nitrogens is 2. The highest BCUT2D eigenvalue weighted by molar-refractivity contribution is 8.01. The van der Waals surface area contributed by atoms with Crippen molar-refractivity contribution in [3.05, 3.63) is 11.1 Å². The maximum Gasteiger partial charge on any atom is 0.353 e. The lowest BCUT2D eigenvalue weighted by atomic mass is 10.5. The van der Waals surface area contributed by atoms with E-state index >= 15 is 0 Å². The van der Waals surface area contributed by atoms with E-state index < -0.39 is 0 Å². The molecule has 0 aliphatic rings. The van der Waals surface area contributed by atoms with Crippen LogP contribution in [0.4, 0.5) is 0 Å². The number of Topliss-reactive ketones (excluding diaryl/α,β-unsaturated/α-hetero) is 1. The molecule has 2 rings (SSSR count). The van der Waals surface area contributed by atoms with Crippen LogP contribution < -0.4 is 4.52 Å². The normalized spacial score (nSPS) is 11.0. The highest BCUT2D eigenvalue weighted by Crippen LogP contribution is 2.25. The molecule has 2 heterocycles. The average Bonchev–Trinajstić information content (AvgIpc) is 2.65. The summed E-state index contributed by atoms with van der Waals surface area (Å²) in [5.41, 5.74) is 1.15. The molecule has 0 fully saturated rings. The summed E-state index contributed by atoms with van der Waals surface area (Å²) in [6.45, 7) is 3.63. The van der Waals surface area contributed by atoms with Crippen molar-refractivity contribution in [2.75, 3.05) is 5.75 Å². The number of carbonyl (C=O) groups excluding carboxylic acids is 1. The van der Waals surface area contributed by atoms with Crippen molar-refractivity contribution < 1.29 is 9.31 Å². The predicted octanol–water partition coefficient (Wildman–Crippen LogP) is 1.93. The average molecular weight is 245 g/mol. The van der Waals surface area contributed by atoms with E-state index in [-0.39, 0.29) is 5.78 Å². The van der Waals surface area contributed by atoms with E-state index in [2.05, 4.69) is 10.5 Å². The van der Waals surface area contributed by atoms with Gasteiger partial charge in [-0.1, -0.05) is 23.1 Å². The van der Waals surface area contributed by atoms with E-state index in [1.165, 1.54) is 15.9 Å². The van der Waals surface area contributed by atoms with Gasteiger partial charge in [0.25, 0.3) is 0 Å². The summed E-state index contributed by atoms with van der Waals surface area (Å²) in [4.78, 5) is 10.8. The van der Waals surface area contributed by atoms with Crippen molar-refractivity contribution in [2.24, 2.45) is 0 Å². The third-order valence-electron chi connectivity index (χ3n) is 1.59. The first kappa shape index (κ1) is 10.1. The van der Waals surface area contributed by atoms with Crippen LogP contribution in [0.15, 0.2) is 9.72 Å². The van der Waals surface area contributed by atoms with Crippen LogP contribution in [-0.4, -0.2) is 16.6 Å².